The highest BCUT2D eigenvalue weighted by Crippen LogP contribution is 2.40. The zero-order chi connectivity index (χ0) is 14.6. The smallest absolute Gasteiger partial charge is 0.263 e. The Labute approximate surface area is 121 Å². The maximum atomic E-state index is 12.5. The number of hydrogen-bond donors (Lipinski definition) is 1. The topological polar surface area (TPSA) is 76.3 Å². The van der Waals surface area contributed by atoms with Gasteiger partial charge in [-0.3, -0.25) is 19.5 Å². The molecule has 1 aliphatic heterocycles. The van der Waals surface area contributed by atoms with E-state index in [0.29, 0.717) is 16.8 Å². The molecule has 0 saturated heterocycles. The van der Waals surface area contributed by atoms with E-state index in [1.54, 1.807) is 6.07 Å². The van der Waals surface area contributed by atoms with Crippen molar-refractivity contribution >= 4 is 17.5 Å². The van der Waals surface area contributed by atoms with Gasteiger partial charge in [-0.1, -0.05) is 6.07 Å². The summed E-state index contributed by atoms with van der Waals surface area (Å²) in [6.07, 6.45) is 4.58. The first-order valence-corrected chi connectivity index (χ1v) is 6.87. The molecule has 5 heteroatoms. The van der Waals surface area contributed by atoms with Crippen molar-refractivity contribution in [3.05, 3.63) is 58.9 Å². The van der Waals surface area contributed by atoms with E-state index in [9.17, 15) is 9.59 Å². The van der Waals surface area contributed by atoms with Crippen molar-refractivity contribution in [2.45, 2.75) is 18.9 Å². The van der Waals surface area contributed by atoms with Crippen LogP contribution in [-0.4, -0.2) is 21.7 Å². The normalized spacial score (nSPS) is 19.8. The summed E-state index contributed by atoms with van der Waals surface area (Å²) in [7, 11) is 0. The third-order valence-corrected chi connectivity index (χ3v) is 4.24. The Bertz CT molecular complexity index is 750. The van der Waals surface area contributed by atoms with Gasteiger partial charge in [0.25, 0.3) is 11.8 Å². The number of fused-ring (bicyclic) bond motifs is 2. The second-order valence-electron chi connectivity index (χ2n) is 5.41. The molecule has 1 aromatic heterocycles. The van der Waals surface area contributed by atoms with Crippen LogP contribution in [-0.2, 0) is 6.42 Å². The maximum Gasteiger partial charge on any atom is 0.263 e. The zero-order valence-electron chi connectivity index (χ0n) is 11.2. The molecular formula is C16H13N3O2. The Kier molecular flexibility index (Phi) is 2.39. The number of rotatable bonds is 1. The van der Waals surface area contributed by atoms with Crippen molar-refractivity contribution < 1.29 is 9.59 Å². The molecule has 2 N–H and O–H groups in total. The van der Waals surface area contributed by atoms with Gasteiger partial charge in [0.05, 0.1) is 17.2 Å². The Balaban J connectivity index is 1.78. The van der Waals surface area contributed by atoms with Gasteiger partial charge in [-0.2, -0.15) is 0 Å². The molecule has 4 rings (SSSR count). The number of pyridine rings is 1. The molecule has 0 radical (unpaired) electrons. The van der Waals surface area contributed by atoms with Crippen LogP contribution in [0.5, 0.6) is 0 Å². The minimum absolute atomic E-state index is 0.201. The van der Waals surface area contributed by atoms with Crippen molar-refractivity contribution in [1.82, 2.24) is 9.88 Å². The van der Waals surface area contributed by atoms with Crippen molar-refractivity contribution in [1.29, 1.82) is 0 Å². The summed E-state index contributed by atoms with van der Waals surface area (Å²) in [6, 6.07) is 7.07. The Morgan fingerprint density at radius 1 is 1.14 bits per heavy atom. The first-order valence-electron chi connectivity index (χ1n) is 6.87. The number of aromatic nitrogens is 1. The van der Waals surface area contributed by atoms with Crippen molar-refractivity contribution in [3.8, 4) is 0 Å². The summed E-state index contributed by atoms with van der Waals surface area (Å²) < 4.78 is 0. The van der Waals surface area contributed by atoms with E-state index in [4.69, 9.17) is 5.73 Å². The monoisotopic (exact) mass is 279 g/mol. The molecule has 2 amide bonds. The number of amides is 2. The van der Waals surface area contributed by atoms with Gasteiger partial charge < -0.3 is 5.73 Å². The van der Waals surface area contributed by atoms with E-state index < -0.39 is 0 Å². The Morgan fingerprint density at radius 3 is 2.76 bits per heavy atom. The Hall–Kier alpha value is -2.69. The van der Waals surface area contributed by atoms with Gasteiger partial charge in [0.15, 0.2) is 0 Å². The molecule has 5 nitrogen and oxygen atoms in total. The summed E-state index contributed by atoms with van der Waals surface area (Å²) in [6.45, 7) is 0. The minimum atomic E-state index is -0.252. The van der Waals surface area contributed by atoms with Crippen LogP contribution < -0.4 is 5.73 Å². The number of aryl methyl sites for hydroxylation is 1. The zero-order valence-corrected chi connectivity index (χ0v) is 11.2. The van der Waals surface area contributed by atoms with E-state index in [2.05, 4.69) is 4.98 Å². The van der Waals surface area contributed by atoms with Crippen LogP contribution in [0.3, 0.4) is 0 Å². The van der Waals surface area contributed by atoms with Gasteiger partial charge in [-0.25, -0.2) is 0 Å². The molecular weight excluding hydrogens is 266 g/mol. The molecule has 0 spiro atoms. The maximum absolute atomic E-state index is 12.5. The van der Waals surface area contributed by atoms with E-state index in [1.807, 2.05) is 18.2 Å². The first-order chi connectivity index (χ1) is 10.2. The fourth-order valence-electron chi connectivity index (χ4n) is 3.27. The number of benzene rings is 1. The molecule has 1 aromatic carbocycles. The average Bonchev–Trinajstić information content (AvgIpc) is 2.99. The standard InChI is InChI=1S/C16H13N3O2/c17-10-2-3-11-9(7-10)1-4-14(11)19-15(20)12-5-6-18-8-13(12)16(19)21/h2-3,5-8,14H,1,4,17H2. The number of hydrogen-bond acceptors (Lipinski definition) is 4. The van der Waals surface area contributed by atoms with E-state index in [0.717, 1.165) is 24.0 Å². The van der Waals surface area contributed by atoms with Crippen LogP contribution in [0.1, 0.15) is 44.3 Å². The summed E-state index contributed by atoms with van der Waals surface area (Å²) in [4.78, 5) is 30.3. The highest BCUT2D eigenvalue weighted by atomic mass is 16.2. The van der Waals surface area contributed by atoms with Gasteiger partial charge in [0, 0.05) is 18.1 Å². The lowest BCUT2D eigenvalue weighted by molar-refractivity contribution is 0.0582. The summed E-state index contributed by atoms with van der Waals surface area (Å²) in [5, 5.41) is 0. The third kappa shape index (κ3) is 1.60. The van der Waals surface area contributed by atoms with Crippen LogP contribution in [0.2, 0.25) is 0 Å². The van der Waals surface area contributed by atoms with E-state index in [1.165, 1.54) is 17.3 Å². The molecule has 1 atom stereocenters. The minimum Gasteiger partial charge on any atom is -0.399 e. The number of carbonyl (C=O) groups excluding carboxylic acids is 2. The SMILES string of the molecule is Nc1ccc2c(c1)CCC2N1C(=O)c2ccncc2C1=O. The molecule has 0 bridgehead atoms. The van der Waals surface area contributed by atoms with E-state index in [-0.39, 0.29) is 17.9 Å². The largest absolute Gasteiger partial charge is 0.399 e. The predicted molar refractivity (Wildman–Crippen MR) is 76.7 cm³/mol. The number of carbonyl (C=O) groups is 2. The molecule has 21 heavy (non-hydrogen) atoms. The summed E-state index contributed by atoms with van der Waals surface area (Å²) in [5.74, 6) is -0.482. The Morgan fingerprint density at radius 2 is 1.95 bits per heavy atom. The lowest BCUT2D eigenvalue weighted by Gasteiger charge is -2.22. The quantitative estimate of drug-likeness (QED) is 0.639. The molecule has 2 heterocycles. The molecule has 104 valence electrons. The fraction of sp³-hybridized carbons (Fsp3) is 0.188. The molecule has 2 aliphatic rings. The third-order valence-electron chi connectivity index (χ3n) is 4.24. The molecule has 2 aromatic rings. The lowest BCUT2D eigenvalue weighted by atomic mass is 10.1. The van der Waals surface area contributed by atoms with Crippen molar-refractivity contribution in [2.75, 3.05) is 5.73 Å². The van der Waals surface area contributed by atoms with Gasteiger partial charge in [0.2, 0.25) is 0 Å². The predicted octanol–water partition coefficient (Wildman–Crippen LogP) is 1.95. The van der Waals surface area contributed by atoms with Crippen LogP contribution >= 0.6 is 0 Å². The summed E-state index contributed by atoms with van der Waals surface area (Å²) in [5.41, 5.74) is 9.49. The number of nitrogens with two attached hydrogens (primary N) is 1. The van der Waals surface area contributed by atoms with Gasteiger partial charge in [-0.05, 0) is 42.2 Å². The number of nitrogen functional groups attached to an aromatic ring is 1. The second kappa shape index (κ2) is 4.15. The van der Waals surface area contributed by atoms with Crippen molar-refractivity contribution in [3.63, 3.8) is 0 Å². The second-order valence-corrected chi connectivity index (χ2v) is 5.41. The molecule has 1 unspecified atom stereocenters. The molecule has 0 fully saturated rings. The van der Waals surface area contributed by atoms with Gasteiger partial charge in [-0.15, -0.1) is 0 Å². The number of imide groups is 1. The highest BCUT2D eigenvalue weighted by molar-refractivity contribution is 6.21. The van der Waals surface area contributed by atoms with Crippen LogP contribution in [0, 0.1) is 0 Å². The van der Waals surface area contributed by atoms with Crippen LogP contribution in [0.15, 0.2) is 36.7 Å². The summed E-state index contributed by atoms with van der Waals surface area (Å²) >= 11 is 0. The lowest BCUT2D eigenvalue weighted by Crippen LogP contribution is -2.33. The van der Waals surface area contributed by atoms with Crippen LogP contribution in [0.25, 0.3) is 0 Å². The van der Waals surface area contributed by atoms with Gasteiger partial charge in [0.1, 0.15) is 0 Å². The van der Waals surface area contributed by atoms with E-state index >= 15 is 0 Å². The molecule has 0 saturated carbocycles. The number of nitrogens with zero attached hydrogens (tertiary/aromatic N) is 2. The first kappa shape index (κ1) is 12.1. The van der Waals surface area contributed by atoms with Gasteiger partial charge >= 0.3 is 0 Å². The average molecular weight is 279 g/mol. The number of anilines is 1. The fourth-order valence-corrected chi connectivity index (χ4v) is 3.27. The van der Waals surface area contributed by atoms with Crippen LogP contribution in [0.4, 0.5) is 5.69 Å². The highest BCUT2D eigenvalue weighted by Gasteiger charge is 2.42. The molecule has 1 aliphatic carbocycles. The van der Waals surface area contributed by atoms with Crippen molar-refractivity contribution in [2.24, 2.45) is 0 Å².